The lowest BCUT2D eigenvalue weighted by atomic mass is 9.75. The number of ether oxygens (including phenoxy) is 2. The molecule has 0 saturated carbocycles. The van der Waals surface area contributed by atoms with Crippen LogP contribution in [0, 0.1) is 0 Å². The highest BCUT2D eigenvalue weighted by Crippen LogP contribution is 2.25. The zero-order valence-corrected chi connectivity index (χ0v) is 18.8. The molecule has 10 nitrogen and oxygen atoms in total. The van der Waals surface area contributed by atoms with E-state index in [1.807, 2.05) is 13.8 Å². The predicted molar refractivity (Wildman–Crippen MR) is 110 cm³/mol. The van der Waals surface area contributed by atoms with Crippen LogP contribution in [-0.2, 0) is 33.4 Å². The maximum Gasteiger partial charge on any atom is 0.331 e. The fourth-order valence-electron chi connectivity index (χ4n) is 2.18. The quantitative estimate of drug-likeness (QED) is 0.156. The largest absolute Gasteiger partial charge is 0.463 e. The Labute approximate surface area is 182 Å². The highest BCUT2D eigenvalue weighted by molar-refractivity contribution is 6.14. The minimum absolute atomic E-state index is 0.393. The molecule has 0 aromatic carbocycles. The first-order chi connectivity index (χ1) is 14.3. The standard InChI is InChI=1S/C12H20O4.C9H14O6/c1-3-5-9-15-11(13)7-8-12(14)16-10-6-4-2;1-5(11)8(14,4-10)9(15,6(2)12)7(3)13/h7-8H,3-6,9-10H2,1-2H3;10,14-15H,4H2,1-3H3/b8-7-;. The van der Waals surface area contributed by atoms with Crippen LogP contribution >= 0.6 is 0 Å². The number of rotatable bonds is 13. The van der Waals surface area contributed by atoms with Crippen LogP contribution in [-0.4, -0.2) is 75.6 Å². The summed E-state index contributed by atoms with van der Waals surface area (Å²) in [6.07, 6.45) is 5.81. The van der Waals surface area contributed by atoms with E-state index in [0.717, 1.165) is 58.6 Å². The molecule has 0 amide bonds. The van der Waals surface area contributed by atoms with Crippen molar-refractivity contribution in [2.75, 3.05) is 19.8 Å². The number of hydrogen-bond donors (Lipinski definition) is 3. The summed E-state index contributed by atoms with van der Waals surface area (Å²) in [7, 11) is 0. The van der Waals surface area contributed by atoms with E-state index in [4.69, 9.17) is 14.6 Å². The molecule has 0 rings (SSSR count). The first-order valence-corrected chi connectivity index (χ1v) is 9.95. The fourth-order valence-corrected chi connectivity index (χ4v) is 2.18. The Morgan fingerprint density at radius 3 is 1.29 bits per heavy atom. The molecule has 0 bridgehead atoms. The molecular weight excluding hydrogens is 412 g/mol. The summed E-state index contributed by atoms with van der Waals surface area (Å²) in [6, 6.07) is 0. The molecule has 0 spiro atoms. The summed E-state index contributed by atoms with van der Waals surface area (Å²) >= 11 is 0. The van der Waals surface area contributed by atoms with Crippen LogP contribution in [0.15, 0.2) is 12.2 Å². The van der Waals surface area contributed by atoms with Gasteiger partial charge in [0.25, 0.3) is 0 Å². The van der Waals surface area contributed by atoms with Gasteiger partial charge in [-0.05, 0) is 33.6 Å². The molecule has 0 radical (unpaired) electrons. The number of carbonyl (C=O) groups is 5. The lowest BCUT2D eigenvalue weighted by molar-refractivity contribution is -0.190. The molecule has 0 aromatic heterocycles. The number of aliphatic hydroxyl groups is 3. The molecule has 10 heteroatoms. The third-order valence-electron chi connectivity index (χ3n) is 4.27. The van der Waals surface area contributed by atoms with Gasteiger partial charge in [0, 0.05) is 12.2 Å². The van der Waals surface area contributed by atoms with Crippen LogP contribution in [0.4, 0.5) is 0 Å². The molecule has 0 aliphatic carbocycles. The first kappa shape index (κ1) is 30.8. The van der Waals surface area contributed by atoms with Crippen LogP contribution in [0.2, 0.25) is 0 Å². The number of Topliss-reactive ketones (excluding diaryl/α,β-unsaturated/α-hetero) is 3. The molecule has 0 aromatic rings. The Hall–Kier alpha value is -2.43. The van der Waals surface area contributed by atoms with E-state index in [1.165, 1.54) is 0 Å². The molecule has 3 N–H and O–H groups in total. The van der Waals surface area contributed by atoms with Crippen molar-refractivity contribution in [3.05, 3.63) is 12.2 Å². The maximum atomic E-state index is 11.1. The Kier molecular flexibility index (Phi) is 15.3. The predicted octanol–water partition coefficient (Wildman–Crippen LogP) is 0.437. The lowest BCUT2D eigenvalue weighted by Gasteiger charge is -2.36. The molecule has 178 valence electrons. The van der Waals surface area contributed by atoms with Crippen molar-refractivity contribution in [1.82, 2.24) is 0 Å². The lowest BCUT2D eigenvalue weighted by Crippen LogP contribution is -2.68. The van der Waals surface area contributed by atoms with E-state index in [1.54, 1.807) is 0 Å². The van der Waals surface area contributed by atoms with Gasteiger partial charge in [-0.1, -0.05) is 26.7 Å². The summed E-state index contributed by atoms with van der Waals surface area (Å²) in [4.78, 5) is 55.4. The molecule has 0 fully saturated rings. The number of unbranched alkanes of at least 4 members (excludes halogenated alkanes) is 2. The Balaban J connectivity index is 0. The van der Waals surface area contributed by atoms with Crippen molar-refractivity contribution in [3.8, 4) is 0 Å². The van der Waals surface area contributed by atoms with E-state index in [0.29, 0.717) is 13.2 Å². The van der Waals surface area contributed by atoms with E-state index in [-0.39, 0.29) is 0 Å². The van der Waals surface area contributed by atoms with Crippen LogP contribution < -0.4 is 0 Å². The second kappa shape index (κ2) is 15.4. The van der Waals surface area contributed by atoms with Crippen molar-refractivity contribution in [2.24, 2.45) is 0 Å². The smallest absolute Gasteiger partial charge is 0.331 e. The Morgan fingerprint density at radius 1 is 0.742 bits per heavy atom. The average molecular weight is 446 g/mol. The van der Waals surface area contributed by atoms with Gasteiger partial charge >= 0.3 is 11.9 Å². The molecule has 0 aliphatic heterocycles. The number of ketones is 3. The van der Waals surface area contributed by atoms with Gasteiger partial charge in [-0.3, -0.25) is 14.4 Å². The van der Waals surface area contributed by atoms with Crippen molar-refractivity contribution >= 4 is 29.3 Å². The van der Waals surface area contributed by atoms with Gasteiger partial charge in [-0.2, -0.15) is 0 Å². The molecule has 1 atom stereocenters. The zero-order valence-electron chi connectivity index (χ0n) is 18.8. The monoisotopic (exact) mass is 446 g/mol. The summed E-state index contributed by atoms with van der Waals surface area (Å²) in [5.74, 6) is -4.25. The number of aliphatic hydroxyl groups excluding tert-OH is 1. The minimum atomic E-state index is -2.90. The van der Waals surface area contributed by atoms with Crippen LogP contribution in [0.5, 0.6) is 0 Å². The molecule has 31 heavy (non-hydrogen) atoms. The van der Waals surface area contributed by atoms with E-state index in [9.17, 15) is 34.2 Å². The SMILES string of the molecule is CC(=O)C(O)(CO)C(O)(C(C)=O)C(C)=O.CCCCOC(=O)/C=C\C(=O)OCCCC. The minimum Gasteiger partial charge on any atom is -0.463 e. The maximum absolute atomic E-state index is 11.1. The Bertz CT molecular complexity index is 615. The van der Waals surface area contributed by atoms with Gasteiger partial charge in [0.1, 0.15) is 0 Å². The van der Waals surface area contributed by atoms with Crippen LogP contribution in [0.3, 0.4) is 0 Å². The normalized spacial score (nSPS) is 12.9. The molecule has 1 unspecified atom stereocenters. The average Bonchev–Trinajstić information content (AvgIpc) is 2.71. The van der Waals surface area contributed by atoms with Crippen molar-refractivity contribution in [1.29, 1.82) is 0 Å². The van der Waals surface area contributed by atoms with E-state index >= 15 is 0 Å². The first-order valence-electron chi connectivity index (χ1n) is 9.95. The van der Waals surface area contributed by atoms with Crippen molar-refractivity contribution < 1.29 is 48.8 Å². The summed E-state index contributed by atoms with van der Waals surface area (Å²) in [6.45, 7) is 6.17. The van der Waals surface area contributed by atoms with Gasteiger partial charge in [0.05, 0.1) is 19.8 Å². The molecular formula is C21H34O10. The number of esters is 2. The van der Waals surface area contributed by atoms with Gasteiger partial charge < -0.3 is 24.8 Å². The molecule has 0 saturated heterocycles. The topological polar surface area (TPSA) is 164 Å². The van der Waals surface area contributed by atoms with E-state index in [2.05, 4.69) is 0 Å². The summed E-state index contributed by atoms with van der Waals surface area (Å²) in [5.41, 5.74) is -5.68. The Morgan fingerprint density at radius 2 is 1.10 bits per heavy atom. The highest BCUT2D eigenvalue weighted by atomic mass is 16.5. The summed E-state index contributed by atoms with van der Waals surface area (Å²) < 4.78 is 9.65. The number of hydrogen-bond acceptors (Lipinski definition) is 10. The zero-order chi connectivity index (χ0) is 24.7. The number of carbonyl (C=O) groups excluding carboxylic acids is 5. The van der Waals surface area contributed by atoms with Crippen molar-refractivity contribution in [2.45, 2.75) is 71.5 Å². The second-order valence-electron chi connectivity index (χ2n) is 6.77. The van der Waals surface area contributed by atoms with Crippen LogP contribution in [0.1, 0.15) is 60.3 Å². The third-order valence-corrected chi connectivity index (χ3v) is 4.27. The highest BCUT2D eigenvalue weighted by Gasteiger charge is 2.59. The third kappa shape index (κ3) is 9.95. The van der Waals surface area contributed by atoms with Gasteiger partial charge in [0.15, 0.2) is 23.0 Å². The molecule has 0 heterocycles. The van der Waals surface area contributed by atoms with Gasteiger partial charge in [-0.25, -0.2) is 9.59 Å². The fraction of sp³-hybridized carbons (Fsp3) is 0.667. The summed E-state index contributed by atoms with van der Waals surface area (Å²) in [5, 5.41) is 28.2. The second-order valence-corrected chi connectivity index (χ2v) is 6.77. The van der Waals surface area contributed by atoms with Crippen molar-refractivity contribution in [3.63, 3.8) is 0 Å². The van der Waals surface area contributed by atoms with Gasteiger partial charge in [-0.15, -0.1) is 0 Å². The molecule has 0 aliphatic rings. The van der Waals surface area contributed by atoms with Gasteiger partial charge in [0.2, 0.25) is 5.60 Å². The van der Waals surface area contributed by atoms with E-state index < -0.39 is 47.1 Å². The van der Waals surface area contributed by atoms with Crippen LogP contribution in [0.25, 0.3) is 0 Å².